The molecular weight excluding hydrogens is 375 g/mol. The molecule has 0 saturated carbocycles. The SMILES string of the molecule is N#CCCN(C(=O)COC(=O)Cc1ccc(Cl)cc1Cl)c1ccccc1. The third-order valence-corrected chi connectivity index (χ3v) is 4.11. The van der Waals surface area contributed by atoms with Crippen molar-refractivity contribution in [2.45, 2.75) is 12.8 Å². The molecule has 0 heterocycles. The van der Waals surface area contributed by atoms with Gasteiger partial charge in [0.15, 0.2) is 6.61 Å². The third kappa shape index (κ3) is 5.76. The molecule has 0 N–H and O–H groups in total. The van der Waals surface area contributed by atoms with Crippen molar-refractivity contribution in [3.63, 3.8) is 0 Å². The van der Waals surface area contributed by atoms with Crippen molar-refractivity contribution in [3.8, 4) is 6.07 Å². The van der Waals surface area contributed by atoms with Gasteiger partial charge in [-0.2, -0.15) is 5.26 Å². The Bertz CT molecular complexity index is 819. The summed E-state index contributed by atoms with van der Waals surface area (Å²) in [6.07, 6.45) is 0.113. The van der Waals surface area contributed by atoms with Crippen LogP contribution in [0.15, 0.2) is 48.5 Å². The minimum absolute atomic E-state index is 0.0627. The molecule has 0 atom stereocenters. The van der Waals surface area contributed by atoms with E-state index in [1.54, 1.807) is 36.4 Å². The smallest absolute Gasteiger partial charge is 0.310 e. The second kappa shape index (κ2) is 9.81. The first-order valence-electron chi connectivity index (χ1n) is 7.83. The van der Waals surface area contributed by atoms with Crippen molar-refractivity contribution < 1.29 is 14.3 Å². The number of esters is 1. The van der Waals surface area contributed by atoms with Crippen molar-refractivity contribution in [2.24, 2.45) is 0 Å². The molecule has 0 fully saturated rings. The van der Waals surface area contributed by atoms with Gasteiger partial charge in [0, 0.05) is 22.3 Å². The first kappa shape index (κ1) is 19.8. The fourth-order valence-corrected chi connectivity index (χ4v) is 2.73. The average Bonchev–Trinajstić information content (AvgIpc) is 2.63. The first-order valence-corrected chi connectivity index (χ1v) is 8.58. The van der Waals surface area contributed by atoms with Gasteiger partial charge in [0.05, 0.1) is 18.9 Å². The van der Waals surface area contributed by atoms with Crippen LogP contribution in [0.2, 0.25) is 10.0 Å². The standard InChI is InChI=1S/C19H16Cl2N2O3/c20-15-8-7-14(17(21)12-15)11-19(25)26-13-18(24)23(10-4-9-22)16-5-2-1-3-6-16/h1-3,5-8,12H,4,10-11,13H2. The van der Waals surface area contributed by atoms with E-state index in [1.165, 1.54) is 11.0 Å². The highest BCUT2D eigenvalue weighted by Gasteiger charge is 2.18. The second-order valence-electron chi connectivity index (χ2n) is 5.36. The molecule has 0 aromatic heterocycles. The number of nitrogens with zero attached hydrogens (tertiary/aromatic N) is 2. The van der Waals surface area contributed by atoms with Crippen LogP contribution < -0.4 is 4.90 Å². The van der Waals surface area contributed by atoms with Crippen molar-refractivity contribution in [2.75, 3.05) is 18.1 Å². The number of anilines is 1. The van der Waals surface area contributed by atoms with E-state index in [2.05, 4.69) is 0 Å². The number of nitriles is 1. The van der Waals surface area contributed by atoms with E-state index in [9.17, 15) is 9.59 Å². The number of ether oxygens (including phenoxy) is 1. The Hall–Kier alpha value is -2.55. The predicted octanol–water partition coefficient (Wildman–Crippen LogP) is 4.03. The number of rotatable bonds is 7. The van der Waals surface area contributed by atoms with E-state index >= 15 is 0 Å². The molecule has 134 valence electrons. The highest BCUT2D eigenvalue weighted by molar-refractivity contribution is 6.35. The van der Waals surface area contributed by atoms with Gasteiger partial charge in [0.1, 0.15) is 0 Å². The van der Waals surface area contributed by atoms with Gasteiger partial charge in [-0.3, -0.25) is 9.59 Å². The van der Waals surface area contributed by atoms with Crippen molar-refractivity contribution >= 4 is 40.8 Å². The molecule has 0 aliphatic heterocycles. The van der Waals surface area contributed by atoms with Gasteiger partial charge < -0.3 is 9.64 Å². The second-order valence-corrected chi connectivity index (χ2v) is 6.21. The highest BCUT2D eigenvalue weighted by Crippen LogP contribution is 2.21. The zero-order valence-corrected chi connectivity index (χ0v) is 15.3. The minimum atomic E-state index is -0.573. The number of hydrogen-bond acceptors (Lipinski definition) is 4. The van der Waals surface area contributed by atoms with Crippen LogP contribution in [-0.4, -0.2) is 25.0 Å². The summed E-state index contributed by atoms with van der Waals surface area (Å²) in [5.41, 5.74) is 1.21. The lowest BCUT2D eigenvalue weighted by molar-refractivity contribution is -0.147. The lowest BCUT2D eigenvalue weighted by Crippen LogP contribution is -2.35. The maximum absolute atomic E-state index is 12.4. The van der Waals surface area contributed by atoms with E-state index in [0.29, 0.717) is 21.3 Å². The molecule has 2 aromatic rings. The Morgan fingerprint density at radius 3 is 2.50 bits per heavy atom. The van der Waals surface area contributed by atoms with Gasteiger partial charge >= 0.3 is 5.97 Å². The van der Waals surface area contributed by atoms with Gasteiger partial charge in [0.25, 0.3) is 5.91 Å². The molecule has 0 aliphatic rings. The van der Waals surface area contributed by atoms with Crippen LogP contribution >= 0.6 is 23.2 Å². The van der Waals surface area contributed by atoms with Crippen LogP contribution in [0.1, 0.15) is 12.0 Å². The summed E-state index contributed by atoms with van der Waals surface area (Å²) in [4.78, 5) is 25.8. The predicted molar refractivity (Wildman–Crippen MR) is 100 cm³/mol. The zero-order valence-electron chi connectivity index (χ0n) is 13.8. The summed E-state index contributed by atoms with van der Waals surface area (Å²) in [6.45, 7) is -0.190. The van der Waals surface area contributed by atoms with Gasteiger partial charge in [-0.15, -0.1) is 0 Å². The number of para-hydroxylation sites is 1. The first-order chi connectivity index (χ1) is 12.5. The lowest BCUT2D eigenvalue weighted by Gasteiger charge is -2.21. The molecule has 0 saturated heterocycles. The lowest BCUT2D eigenvalue weighted by atomic mass is 10.1. The van der Waals surface area contributed by atoms with Crippen molar-refractivity contribution in [1.29, 1.82) is 5.26 Å². The number of amides is 1. The van der Waals surface area contributed by atoms with Crippen molar-refractivity contribution in [1.82, 2.24) is 0 Å². The summed E-state index contributed by atoms with van der Waals surface area (Å²) >= 11 is 11.8. The van der Waals surface area contributed by atoms with E-state index < -0.39 is 18.5 Å². The molecule has 1 amide bonds. The fourth-order valence-electron chi connectivity index (χ4n) is 2.26. The molecule has 0 radical (unpaired) electrons. The Labute approximate surface area is 161 Å². The molecule has 0 bridgehead atoms. The van der Waals surface area contributed by atoms with E-state index in [0.717, 1.165) is 0 Å². The molecule has 0 unspecified atom stereocenters. The molecule has 0 spiro atoms. The minimum Gasteiger partial charge on any atom is -0.455 e. The number of hydrogen-bond donors (Lipinski definition) is 0. The number of halogens is 2. The largest absolute Gasteiger partial charge is 0.455 e. The van der Waals surface area contributed by atoms with Crippen LogP contribution in [-0.2, 0) is 20.7 Å². The molecule has 7 heteroatoms. The summed E-state index contributed by atoms with van der Waals surface area (Å²) in [7, 11) is 0. The summed E-state index contributed by atoms with van der Waals surface area (Å²) in [6, 6.07) is 15.7. The summed E-state index contributed by atoms with van der Waals surface area (Å²) in [5.74, 6) is -0.974. The Kier molecular flexibility index (Phi) is 7.46. The summed E-state index contributed by atoms with van der Waals surface area (Å²) in [5, 5.41) is 9.61. The van der Waals surface area contributed by atoms with Crippen molar-refractivity contribution in [3.05, 3.63) is 64.1 Å². The molecule has 0 aliphatic carbocycles. The topological polar surface area (TPSA) is 70.4 Å². The van der Waals surface area contributed by atoms with Crippen LogP contribution in [0.25, 0.3) is 0 Å². The van der Waals surface area contributed by atoms with Crippen LogP contribution in [0.3, 0.4) is 0 Å². The normalized spacial score (nSPS) is 10.0. The van der Waals surface area contributed by atoms with E-state index in [4.69, 9.17) is 33.2 Å². The molecule has 2 aromatic carbocycles. The van der Waals surface area contributed by atoms with Gasteiger partial charge in [-0.1, -0.05) is 47.5 Å². The van der Waals surface area contributed by atoms with Crippen LogP contribution in [0.5, 0.6) is 0 Å². The molecule has 5 nitrogen and oxygen atoms in total. The van der Waals surface area contributed by atoms with E-state index in [-0.39, 0.29) is 19.4 Å². The Morgan fingerprint density at radius 2 is 1.85 bits per heavy atom. The third-order valence-electron chi connectivity index (χ3n) is 3.52. The van der Waals surface area contributed by atoms with E-state index in [1.807, 2.05) is 12.1 Å². The molecule has 2 rings (SSSR count). The van der Waals surface area contributed by atoms with Crippen LogP contribution in [0, 0.1) is 11.3 Å². The van der Waals surface area contributed by atoms with Gasteiger partial charge in [0.2, 0.25) is 0 Å². The van der Waals surface area contributed by atoms with Crippen LogP contribution in [0.4, 0.5) is 5.69 Å². The van der Waals surface area contributed by atoms with Gasteiger partial charge in [-0.25, -0.2) is 0 Å². The maximum Gasteiger partial charge on any atom is 0.310 e. The molecule has 26 heavy (non-hydrogen) atoms. The number of benzene rings is 2. The Morgan fingerprint density at radius 1 is 1.12 bits per heavy atom. The Balaban J connectivity index is 1.96. The molecular formula is C19H16Cl2N2O3. The monoisotopic (exact) mass is 390 g/mol. The fraction of sp³-hybridized carbons (Fsp3) is 0.211. The quantitative estimate of drug-likeness (QED) is 0.669. The zero-order chi connectivity index (χ0) is 18.9. The van der Waals surface area contributed by atoms with Gasteiger partial charge in [-0.05, 0) is 29.8 Å². The average molecular weight is 391 g/mol. The number of carbonyl (C=O) groups excluding carboxylic acids is 2. The maximum atomic E-state index is 12.4. The summed E-state index contributed by atoms with van der Waals surface area (Å²) < 4.78 is 5.07. The number of carbonyl (C=O) groups is 2. The highest BCUT2D eigenvalue weighted by atomic mass is 35.5.